The molecule has 1 aliphatic rings. The Morgan fingerprint density at radius 3 is 2.86 bits per heavy atom. The predicted octanol–water partition coefficient (Wildman–Crippen LogP) is 2.45. The summed E-state index contributed by atoms with van der Waals surface area (Å²) >= 11 is 0. The molecule has 1 N–H and O–H groups in total. The van der Waals surface area contributed by atoms with Gasteiger partial charge in [-0.05, 0) is 43.4 Å². The van der Waals surface area contributed by atoms with Gasteiger partial charge in [-0.3, -0.25) is 4.79 Å². The topological polar surface area (TPSA) is 47.6 Å². The van der Waals surface area contributed by atoms with Crippen LogP contribution in [0.1, 0.15) is 36.8 Å². The van der Waals surface area contributed by atoms with Gasteiger partial charge in [0.05, 0.1) is 19.6 Å². The summed E-state index contributed by atoms with van der Waals surface area (Å²) in [5.41, 5.74) is 2.19. The molecule has 116 valence electrons. The number of esters is 1. The van der Waals surface area contributed by atoms with Crippen LogP contribution in [0.3, 0.4) is 0 Å². The summed E-state index contributed by atoms with van der Waals surface area (Å²) in [7, 11) is 1.42. The van der Waals surface area contributed by atoms with Crippen molar-refractivity contribution in [2.24, 2.45) is 0 Å². The van der Waals surface area contributed by atoms with Crippen molar-refractivity contribution in [3.63, 3.8) is 0 Å². The van der Waals surface area contributed by atoms with Gasteiger partial charge in [0, 0.05) is 13.2 Å². The van der Waals surface area contributed by atoms with Crippen molar-refractivity contribution in [3.05, 3.63) is 35.4 Å². The first-order valence-corrected chi connectivity index (χ1v) is 7.75. The Kier molecular flexibility index (Phi) is 6.70. The molecule has 21 heavy (non-hydrogen) atoms. The Bertz CT molecular complexity index is 441. The van der Waals surface area contributed by atoms with Crippen LogP contribution in [-0.4, -0.2) is 32.3 Å². The molecule has 1 heterocycles. The molecular formula is C17H25NO3. The number of hydrogen-bond acceptors (Lipinski definition) is 4. The fourth-order valence-corrected chi connectivity index (χ4v) is 2.65. The number of benzene rings is 1. The number of methoxy groups -OCH3 is 1. The first-order chi connectivity index (χ1) is 10.3. The summed E-state index contributed by atoms with van der Waals surface area (Å²) in [6.07, 6.45) is 5.47. The number of ether oxygens (including phenoxy) is 2. The predicted molar refractivity (Wildman–Crippen MR) is 82.1 cm³/mol. The average molecular weight is 291 g/mol. The summed E-state index contributed by atoms with van der Waals surface area (Å²) in [6, 6.07) is 8.00. The van der Waals surface area contributed by atoms with Gasteiger partial charge in [0.2, 0.25) is 0 Å². The van der Waals surface area contributed by atoms with Crippen LogP contribution in [0.2, 0.25) is 0 Å². The van der Waals surface area contributed by atoms with E-state index in [-0.39, 0.29) is 5.97 Å². The highest BCUT2D eigenvalue weighted by atomic mass is 16.5. The Morgan fingerprint density at radius 1 is 1.33 bits per heavy atom. The second kappa shape index (κ2) is 8.80. The Labute approximate surface area is 126 Å². The SMILES string of the molecule is COC(=O)Cc1ccccc1CNCCC1CCCCO1. The molecule has 1 aliphatic heterocycles. The molecule has 2 rings (SSSR count). The van der Waals surface area contributed by atoms with Crippen molar-refractivity contribution in [3.8, 4) is 0 Å². The third kappa shape index (κ3) is 5.48. The summed E-state index contributed by atoms with van der Waals surface area (Å²) in [5.74, 6) is -0.196. The van der Waals surface area contributed by atoms with Crippen LogP contribution in [0.5, 0.6) is 0 Å². The number of hydrogen-bond donors (Lipinski definition) is 1. The first kappa shape index (κ1) is 16.0. The van der Waals surface area contributed by atoms with Gasteiger partial charge in [0.15, 0.2) is 0 Å². The molecule has 1 atom stereocenters. The van der Waals surface area contributed by atoms with Gasteiger partial charge in [0.25, 0.3) is 0 Å². The zero-order chi connectivity index (χ0) is 14.9. The normalized spacial score (nSPS) is 18.4. The Morgan fingerprint density at radius 2 is 2.14 bits per heavy atom. The number of rotatable bonds is 7. The van der Waals surface area contributed by atoms with Crippen LogP contribution in [0.4, 0.5) is 0 Å². The van der Waals surface area contributed by atoms with E-state index in [4.69, 9.17) is 9.47 Å². The fraction of sp³-hybridized carbons (Fsp3) is 0.588. The van der Waals surface area contributed by atoms with Crippen molar-refractivity contribution in [2.75, 3.05) is 20.3 Å². The molecule has 1 unspecified atom stereocenters. The van der Waals surface area contributed by atoms with Gasteiger partial charge in [-0.25, -0.2) is 0 Å². The fourth-order valence-electron chi connectivity index (χ4n) is 2.65. The number of carbonyl (C=O) groups excluding carboxylic acids is 1. The van der Waals surface area contributed by atoms with Crippen LogP contribution in [0, 0.1) is 0 Å². The Balaban J connectivity index is 1.75. The lowest BCUT2D eigenvalue weighted by atomic mass is 10.0. The average Bonchev–Trinajstić information content (AvgIpc) is 2.54. The summed E-state index contributed by atoms with van der Waals surface area (Å²) in [4.78, 5) is 11.4. The molecule has 4 heteroatoms. The zero-order valence-corrected chi connectivity index (χ0v) is 12.8. The van der Waals surface area contributed by atoms with E-state index in [1.807, 2.05) is 18.2 Å². The minimum absolute atomic E-state index is 0.196. The highest BCUT2D eigenvalue weighted by Gasteiger charge is 2.13. The molecule has 1 fully saturated rings. The van der Waals surface area contributed by atoms with E-state index in [9.17, 15) is 4.79 Å². The van der Waals surface area contributed by atoms with Gasteiger partial charge in [-0.1, -0.05) is 24.3 Å². The van der Waals surface area contributed by atoms with E-state index in [1.54, 1.807) is 0 Å². The molecule has 0 saturated carbocycles. The van der Waals surface area contributed by atoms with E-state index in [1.165, 1.54) is 26.4 Å². The molecule has 0 aromatic heterocycles. The van der Waals surface area contributed by atoms with Crippen molar-refractivity contribution in [1.82, 2.24) is 5.32 Å². The second-order valence-corrected chi connectivity index (χ2v) is 5.48. The van der Waals surface area contributed by atoms with E-state index in [0.717, 1.165) is 37.2 Å². The molecule has 1 saturated heterocycles. The van der Waals surface area contributed by atoms with Crippen LogP contribution in [-0.2, 0) is 27.2 Å². The lowest BCUT2D eigenvalue weighted by Gasteiger charge is -2.22. The Hall–Kier alpha value is -1.39. The van der Waals surface area contributed by atoms with E-state index in [2.05, 4.69) is 11.4 Å². The lowest BCUT2D eigenvalue weighted by Crippen LogP contribution is -2.25. The summed E-state index contributed by atoms with van der Waals surface area (Å²) in [5, 5.41) is 3.45. The monoisotopic (exact) mass is 291 g/mol. The molecule has 4 nitrogen and oxygen atoms in total. The largest absolute Gasteiger partial charge is 0.469 e. The van der Waals surface area contributed by atoms with Crippen LogP contribution < -0.4 is 5.32 Å². The second-order valence-electron chi connectivity index (χ2n) is 5.48. The molecule has 0 radical (unpaired) electrons. The summed E-state index contributed by atoms with van der Waals surface area (Å²) in [6.45, 7) is 2.63. The van der Waals surface area contributed by atoms with Gasteiger partial charge < -0.3 is 14.8 Å². The maximum absolute atomic E-state index is 11.4. The van der Waals surface area contributed by atoms with E-state index in [0.29, 0.717) is 12.5 Å². The molecule has 0 spiro atoms. The van der Waals surface area contributed by atoms with Crippen LogP contribution in [0.25, 0.3) is 0 Å². The van der Waals surface area contributed by atoms with Gasteiger partial charge in [0.1, 0.15) is 0 Å². The van der Waals surface area contributed by atoms with Crippen LogP contribution >= 0.6 is 0 Å². The lowest BCUT2D eigenvalue weighted by molar-refractivity contribution is -0.139. The highest BCUT2D eigenvalue weighted by molar-refractivity contribution is 5.72. The zero-order valence-electron chi connectivity index (χ0n) is 12.8. The third-order valence-corrected chi connectivity index (χ3v) is 3.91. The van der Waals surface area contributed by atoms with Crippen molar-refractivity contribution in [2.45, 2.75) is 44.8 Å². The summed E-state index contributed by atoms with van der Waals surface area (Å²) < 4.78 is 10.5. The van der Waals surface area contributed by atoms with Crippen molar-refractivity contribution >= 4 is 5.97 Å². The van der Waals surface area contributed by atoms with Gasteiger partial charge >= 0.3 is 5.97 Å². The smallest absolute Gasteiger partial charge is 0.309 e. The number of nitrogens with one attached hydrogen (secondary N) is 1. The van der Waals surface area contributed by atoms with Crippen molar-refractivity contribution in [1.29, 1.82) is 0 Å². The minimum Gasteiger partial charge on any atom is -0.469 e. The van der Waals surface area contributed by atoms with Crippen molar-refractivity contribution < 1.29 is 14.3 Å². The van der Waals surface area contributed by atoms with Gasteiger partial charge in [-0.15, -0.1) is 0 Å². The standard InChI is InChI=1S/C17H25NO3/c1-20-17(19)12-14-6-2-3-7-15(14)13-18-10-9-16-8-4-5-11-21-16/h2-3,6-7,16,18H,4-5,8-13H2,1H3. The number of carbonyl (C=O) groups is 1. The quantitative estimate of drug-likeness (QED) is 0.619. The molecule has 1 aromatic carbocycles. The molecular weight excluding hydrogens is 266 g/mol. The third-order valence-electron chi connectivity index (χ3n) is 3.91. The van der Waals surface area contributed by atoms with E-state index >= 15 is 0 Å². The molecule has 1 aromatic rings. The molecule has 0 bridgehead atoms. The highest BCUT2D eigenvalue weighted by Crippen LogP contribution is 2.15. The molecule has 0 amide bonds. The maximum Gasteiger partial charge on any atom is 0.309 e. The van der Waals surface area contributed by atoms with Gasteiger partial charge in [-0.2, -0.15) is 0 Å². The van der Waals surface area contributed by atoms with E-state index < -0.39 is 0 Å². The van der Waals surface area contributed by atoms with Crippen LogP contribution in [0.15, 0.2) is 24.3 Å². The first-order valence-electron chi connectivity index (χ1n) is 7.75. The maximum atomic E-state index is 11.4. The minimum atomic E-state index is -0.196. The molecule has 0 aliphatic carbocycles.